The van der Waals surface area contributed by atoms with Crippen LogP contribution in [0.1, 0.15) is 24.2 Å². The van der Waals surface area contributed by atoms with E-state index in [4.69, 9.17) is 25.8 Å². The van der Waals surface area contributed by atoms with Crippen molar-refractivity contribution in [2.45, 2.75) is 13.8 Å². The van der Waals surface area contributed by atoms with Crippen molar-refractivity contribution >= 4 is 23.2 Å². The van der Waals surface area contributed by atoms with Crippen LogP contribution < -0.4 is 19.5 Å². The topological polar surface area (TPSA) is 56.8 Å². The van der Waals surface area contributed by atoms with Crippen LogP contribution in [0.4, 0.5) is 5.69 Å². The number of hydrogen-bond donors (Lipinski definition) is 1. The van der Waals surface area contributed by atoms with Crippen molar-refractivity contribution in [2.75, 3.05) is 25.6 Å². The molecule has 1 N–H and O–H groups in total. The lowest BCUT2D eigenvalue weighted by atomic mass is 10.1. The van der Waals surface area contributed by atoms with Crippen LogP contribution in [0.3, 0.4) is 0 Å². The van der Waals surface area contributed by atoms with E-state index in [0.717, 1.165) is 0 Å². The summed E-state index contributed by atoms with van der Waals surface area (Å²) in [6.07, 6.45) is 0. The Morgan fingerprint density at radius 2 is 1.67 bits per heavy atom. The van der Waals surface area contributed by atoms with E-state index in [1.54, 1.807) is 36.4 Å². The molecule has 0 radical (unpaired) electrons. The number of nitrogens with one attached hydrogen (secondary N) is 1. The number of methoxy groups -OCH3 is 1. The number of ether oxygens (including phenoxy) is 3. The molecular formula is C18H20ClNO4. The zero-order chi connectivity index (χ0) is 17.5. The monoisotopic (exact) mass is 349 g/mol. The molecule has 0 spiro atoms. The van der Waals surface area contributed by atoms with E-state index in [1.165, 1.54) is 7.11 Å². The predicted molar refractivity (Wildman–Crippen MR) is 94.7 cm³/mol. The van der Waals surface area contributed by atoms with Gasteiger partial charge in [-0.05, 0) is 50.2 Å². The minimum atomic E-state index is -0.292. The van der Waals surface area contributed by atoms with Crippen molar-refractivity contribution in [1.29, 1.82) is 0 Å². The van der Waals surface area contributed by atoms with Crippen LogP contribution in [0, 0.1) is 0 Å². The molecule has 5 nitrogen and oxygen atoms in total. The van der Waals surface area contributed by atoms with Crippen LogP contribution in [0.5, 0.6) is 17.2 Å². The predicted octanol–water partition coefficient (Wildman–Crippen LogP) is 4.40. The molecule has 0 heterocycles. The number of amides is 1. The standard InChI is InChI=1S/C18H20ClNO4/c1-4-23-16-8-6-12(10-17(16)24-5-2)18(21)20-14-11-13(19)7-9-15(14)22-3/h6-11H,4-5H2,1-3H3,(H,20,21). The Bertz CT molecular complexity index is 718. The van der Waals surface area contributed by atoms with Gasteiger partial charge in [0.15, 0.2) is 11.5 Å². The second-order valence-corrected chi connectivity index (χ2v) is 5.26. The number of halogens is 1. The van der Waals surface area contributed by atoms with Crippen LogP contribution in [-0.4, -0.2) is 26.2 Å². The van der Waals surface area contributed by atoms with Gasteiger partial charge in [0.1, 0.15) is 5.75 Å². The third-order valence-corrected chi connectivity index (χ3v) is 3.45. The molecule has 2 rings (SSSR count). The number of carbonyl (C=O) groups is 1. The summed E-state index contributed by atoms with van der Waals surface area (Å²) in [4.78, 5) is 12.5. The van der Waals surface area contributed by atoms with Crippen molar-refractivity contribution in [3.05, 3.63) is 47.0 Å². The summed E-state index contributed by atoms with van der Waals surface area (Å²) in [6.45, 7) is 4.76. The molecule has 0 saturated heterocycles. The van der Waals surface area contributed by atoms with Gasteiger partial charge in [0, 0.05) is 10.6 Å². The van der Waals surface area contributed by atoms with Gasteiger partial charge in [0.25, 0.3) is 5.91 Å². The van der Waals surface area contributed by atoms with E-state index >= 15 is 0 Å². The molecule has 2 aromatic carbocycles. The fourth-order valence-electron chi connectivity index (χ4n) is 2.16. The lowest BCUT2D eigenvalue weighted by Gasteiger charge is -2.13. The summed E-state index contributed by atoms with van der Waals surface area (Å²) < 4.78 is 16.3. The molecule has 0 bridgehead atoms. The van der Waals surface area contributed by atoms with E-state index in [0.29, 0.717) is 46.7 Å². The number of anilines is 1. The van der Waals surface area contributed by atoms with E-state index in [9.17, 15) is 4.79 Å². The van der Waals surface area contributed by atoms with Gasteiger partial charge in [-0.1, -0.05) is 11.6 Å². The molecule has 0 fully saturated rings. The highest BCUT2D eigenvalue weighted by molar-refractivity contribution is 6.31. The molecule has 2 aromatic rings. The van der Waals surface area contributed by atoms with Gasteiger partial charge in [-0.15, -0.1) is 0 Å². The lowest BCUT2D eigenvalue weighted by Crippen LogP contribution is -2.13. The average Bonchev–Trinajstić information content (AvgIpc) is 2.57. The molecule has 1 amide bonds. The molecule has 0 atom stereocenters. The number of rotatable bonds is 7. The smallest absolute Gasteiger partial charge is 0.255 e. The average molecular weight is 350 g/mol. The van der Waals surface area contributed by atoms with Crippen molar-refractivity contribution in [2.24, 2.45) is 0 Å². The first-order chi connectivity index (χ1) is 11.6. The molecule has 0 unspecified atom stereocenters. The highest BCUT2D eigenvalue weighted by Crippen LogP contribution is 2.31. The van der Waals surface area contributed by atoms with E-state index in [2.05, 4.69) is 5.32 Å². The Morgan fingerprint density at radius 3 is 2.33 bits per heavy atom. The zero-order valence-corrected chi connectivity index (χ0v) is 14.6. The van der Waals surface area contributed by atoms with Gasteiger partial charge in [-0.25, -0.2) is 0 Å². The molecule has 24 heavy (non-hydrogen) atoms. The maximum atomic E-state index is 12.5. The van der Waals surface area contributed by atoms with Gasteiger partial charge in [-0.3, -0.25) is 4.79 Å². The molecule has 0 saturated carbocycles. The normalized spacial score (nSPS) is 10.2. The third-order valence-electron chi connectivity index (χ3n) is 3.22. The molecule has 0 aromatic heterocycles. The highest BCUT2D eigenvalue weighted by atomic mass is 35.5. The van der Waals surface area contributed by atoms with Crippen molar-refractivity contribution in [3.63, 3.8) is 0 Å². The molecule has 0 aliphatic carbocycles. The fourth-order valence-corrected chi connectivity index (χ4v) is 2.34. The number of benzene rings is 2. The molecule has 6 heteroatoms. The van der Waals surface area contributed by atoms with Gasteiger partial charge in [-0.2, -0.15) is 0 Å². The molecular weight excluding hydrogens is 330 g/mol. The largest absolute Gasteiger partial charge is 0.495 e. The zero-order valence-electron chi connectivity index (χ0n) is 13.9. The maximum Gasteiger partial charge on any atom is 0.255 e. The van der Waals surface area contributed by atoms with Gasteiger partial charge >= 0.3 is 0 Å². The Kier molecular flexibility index (Phi) is 6.32. The SMILES string of the molecule is CCOc1ccc(C(=O)Nc2cc(Cl)ccc2OC)cc1OCC. The third kappa shape index (κ3) is 4.32. The first-order valence-electron chi connectivity index (χ1n) is 7.63. The molecule has 128 valence electrons. The van der Waals surface area contributed by atoms with Crippen LogP contribution in [-0.2, 0) is 0 Å². The second-order valence-electron chi connectivity index (χ2n) is 4.83. The number of hydrogen-bond acceptors (Lipinski definition) is 4. The fraction of sp³-hybridized carbons (Fsp3) is 0.278. The van der Waals surface area contributed by atoms with Crippen LogP contribution in [0.15, 0.2) is 36.4 Å². The minimum Gasteiger partial charge on any atom is -0.495 e. The summed E-state index contributed by atoms with van der Waals surface area (Å²) >= 11 is 5.98. The summed E-state index contributed by atoms with van der Waals surface area (Å²) in [5, 5.41) is 3.30. The van der Waals surface area contributed by atoms with E-state index in [-0.39, 0.29) is 5.91 Å². The van der Waals surface area contributed by atoms with Crippen molar-refractivity contribution < 1.29 is 19.0 Å². The molecule has 0 aliphatic heterocycles. The Morgan fingerprint density at radius 1 is 1.00 bits per heavy atom. The number of carbonyl (C=O) groups excluding carboxylic acids is 1. The van der Waals surface area contributed by atoms with Crippen molar-refractivity contribution in [1.82, 2.24) is 0 Å². The van der Waals surface area contributed by atoms with Gasteiger partial charge < -0.3 is 19.5 Å². The Hall–Kier alpha value is -2.40. The summed E-state index contributed by atoms with van der Waals surface area (Å²) in [5.74, 6) is 1.38. The second kappa shape index (κ2) is 8.45. The lowest BCUT2D eigenvalue weighted by molar-refractivity contribution is 0.102. The minimum absolute atomic E-state index is 0.292. The van der Waals surface area contributed by atoms with Gasteiger partial charge in [0.05, 0.1) is 26.0 Å². The van der Waals surface area contributed by atoms with E-state index < -0.39 is 0 Å². The van der Waals surface area contributed by atoms with Crippen LogP contribution >= 0.6 is 11.6 Å². The summed E-state index contributed by atoms with van der Waals surface area (Å²) in [5.41, 5.74) is 0.950. The Labute approximate surface area is 146 Å². The summed E-state index contributed by atoms with van der Waals surface area (Å²) in [6, 6.07) is 10.1. The quantitative estimate of drug-likeness (QED) is 0.805. The summed E-state index contributed by atoms with van der Waals surface area (Å²) in [7, 11) is 1.53. The first-order valence-corrected chi connectivity index (χ1v) is 8.01. The molecule has 0 aliphatic rings. The van der Waals surface area contributed by atoms with Crippen LogP contribution in [0.2, 0.25) is 5.02 Å². The van der Waals surface area contributed by atoms with E-state index in [1.807, 2.05) is 13.8 Å². The van der Waals surface area contributed by atoms with Crippen molar-refractivity contribution in [3.8, 4) is 17.2 Å². The first kappa shape index (κ1) is 17.9. The Balaban J connectivity index is 2.26. The van der Waals surface area contributed by atoms with Gasteiger partial charge in [0.2, 0.25) is 0 Å². The highest BCUT2D eigenvalue weighted by Gasteiger charge is 2.14. The van der Waals surface area contributed by atoms with Crippen LogP contribution in [0.25, 0.3) is 0 Å². The maximum absolute atomic E-state index is 12.5.